The number of fused-ring (bicyclic) bond motifs is 1. The molecule has 0 spiro atoms. The zero-order valence-corrected chi connectivity index (χ0v) is 22.1. The number of esters is 1. The van der Waals surface area contributed by atoms with Crippen molar-refractivity contribution in [1.82, 2.24) is 24.6 Å². The minimum Gasteiger partial charge on any atom is -0.462 e. The molecule has 38 heavy (non-hydrogen) atoms. The summed E-state index contributed by atoms with van der Waals surface area (Å²) in [5.41, 5.74) is 6.44. The van der Waals surface area contributed by atoms with Gasteiger partial charge in [-0.25, -0.2) is 19.5 Å². The lowest BCUT2D eigenvalue weighted by atomic mass is 10.1. The first kappa shape index (κ1) is 27.9. The summed E-state index contributed by atoms with van der Waals surface area (Å²) < 4.78 is 37.8. The number of anilines is 1. The summed E-state index contributed by atoms with van der Waals surface area (Å²) >= 11 is 0. The van der Waals surface area contributed by atoms with Crippen molar-refractivity contribution in [2.24, 2.45) is 0 Å². The molecule has 2 aromatic heterocycles. The Morgan fingerprint density at radius 3 is 2.53 bits per heavy atom. The number of ether oxygens (including phenoxy) is 2. The van der Waals surface area contributed by atoms with Gasteiger partial charge in [-0.3, -0.25) is 13.9 Å². The number of imidazole rings is 1. The number of rotatable bonds is 10. The summed E-state index contributed by atoms with van der Waals surface area (Å²) in [4.78, 5) is 24.6. The lowest BCUT2D eigenvalue weighted by Gasteiger charge is -2.28. The number of hydrogen-bond acceptors (Lipinski definition) is 12. The van der Waals surface area contributed by atoms with Gasteiger partial charge in [0.2, 0.25) is 0 Å². The molecule has 1 fully saturated rings. The molecule has 1 aliphatic heterocycles. The minimum absolute atomic E-state index is 0.144. The number of aromatic nitrogens is 4. The number of nitrogens with two attached hydrogens (primary N) is 1. The van der Waals surface area contributed by atoms with E-state index in [0.29, 0.717) is 11.2 Å². The number of nitrogen functional groups attached to an aromatic ring is 1. The van der Waals surface area contributed by atoms with E-state index in [2.05, 4.69) is 20.0 Å². The van der Waals surface area contributed by atoms with E-state index >= 15 is 0 Å². The molecule has 0 amide bonds. The highest BCUT2D eigenvalue weighted by Crippen LogP contribution is 2.48. The van der Waals surface area contributed by atoms with Crippen LogP contribution in [0.15, 0.2) is 43.0 Å². The largest absolute Gasteiger partial charge is 0.462 e. The van der Waals surface area contributed by atoms with Crippen LogP contribution in [0.1, 0.15) is 33.9 Å². The number of carbonyl (C=O) groups excluding carboxylic acids is 1. The van der Waals surface area contributed by atoms with Gasteiger partial charge in [-0.2, -0.15) is 5.09 Å². The fraction of sp³-hybridized carbons (Fsp3) is 0.478. The van der Waals surface area contributed by atoms with Crippen LogP contribution in [0.2, 0.25) is 0 Å². The lowest BCUT2D eigenvalue weighted by Crippen LogP contribution is -2.41. The van der Waals surface area contributed by atoms with Crippen LogP contribution in [0.3, 0.4) is 0 Å². The molecule has 14 nitrogen and oxygen atoms in total. The Kier molecular flexibility index (Phi) is 8.31. The maximum Gasteiger partial charge on any atom is 0.459 e. The Labute approximate surface area is 218 Å². The van der Waals surface area contributed by atoms with Gasteiger partial charge in [0.05, 0.1) is 18.5 Å². The van der Waals surface area contributed by atoms with E-state index in [1.165, 1.54) is 31.1 Å². The standard InChI is InChI=1S/C23H31N6O8P/c1-12(2)34-23(32)13(3)28-38(33,37-15-8-6-5-7-9-15)36-14(4)19-17(30)18(31)22(35-19)29-11-27-16-20(24)25-10-26-21(16)29/h5-14,17-19,22,30-31H,1-4H3,(H,28,33)(H2,24,25,26)/t13?,14?,17?,18?,19-,22-,38?/m1/s1. The lowest BCUT2D eigenvalue weighted by molar-refractivity contribution is -0.149. The normalized spacial score (nSPS) is 24.7. The number of para-hydroxylation sites is 1. The summed E-state index contributed by atoms with van der Waals surface area (Å²) in [6, 6.07) is 7.18. The van der Waals surface area contributed by atoms with Gasteiger partial charge in [-0.15, -0.1) is 0 Å². The second kappa shape index (κ2) is 11.3. The molecular formula is C23H31N6O8P. The van der Waals surface area contributed by atoms with Crippen LogP contribution in [-0.2, 0) is 23.4 Å². The van der Waals surface area contributed by atoms with Crippen LogP contribution in [0.5, 0.6) is 5.75 Å². The number of nitrogens with zero attached hydrogens (tertiary/aromatic N) is 4. The highest BCUT2D eigenvalue weighted by Gasteiger charge is 2.49. The van der Waals surface area contributed by atoms with Gasteiger partial charge >= 0.3 is 13.7 Å². The number of carbonyl (C=O) groups is 1. The van der Waals surface area contributed by atoms with Crippen LogP contribution in [0.25, 0.3) is 11.2 Å². The third kappa shape index (κ3) is 5.96. The number of benzene rings is 1. The maximum absolute atomic E-state index is 13.9. The smallest absolute Gasteiger partial charge is 0.459 e. The van der Waals surface area contributed by atoms with Gasteiger partial charge in [0.25, 0.3) is 0 Å². The maximum atomic E-state index is 13.9. The van der Waals surface area contributed by atoms with Crippen molar-refractivity contribution in [1.29, 1.82) is 0 Å². The van der Waals surface area contributed by atoms with Gasteiger partial charge < -0.3 is 29.9 Å². The Hall–Kier alpha value is -3.13. The predicted molar refractivity (Wildman–Crippen MR) is 135 cm³/mol. The quantitative estimate of drug-likeness (QED) is 0.210. The molecule has 3 aromatic rings. The van der Waals surface area contributed by atoms with Crippen molar-refractivity contribution >= 4 is 30.7 Å². The van der Waals surface area contributed by atoms with E-state index in [-0.39, 0.29) is 17.7 Å². The van der Waals surface area contributed by atoms with Crippen molar-refractivity contribution in [3.05, 3.63) is 43.0 Å². The Balaban J connectivity index is 1.55. The number of aliphatic hydroxyl groups excluding tert-OH is 2. The second-order valence-electron chi connectivity index (χ2n) is 9.10. The topological polar surface area (TPSA) is 193 Å². The van der Waals surface area contributed by atoms with E-state index in [1.54, 1.807) is 44.2 Å². The molecule has 5 unspecified atom stereocenters. The molecule has 206 valence electrons. The molecule has 3 heterocycles. The van der Waals surface area contributed by atoms with E-state index in [1.807, 2.05) is 0 Å². The Morgan fingerprint density at radius 2 is 1.84 bits per heavy atom. The van der Waals surface area contributed by atoms with E-state index < -0.39 is 50.4 Å². The van der Waals surface area contributed by atoms with Gasteiger partial charge in [0.15, 0.2) is 17.7 Å². The molecule has 15 heteroatoms. The SMILES string of the molecule is CC(C)OC(=O)C(C)NP(=O)(Oc1ccccc1)OC(C)[C@H]1O[C@@H](n2cnc3c(N)ncnc32)C(O)C1O. The zero-order valence-electron chi connectivity index (χ0n) is 21.2. The zero-order chi connectivity index (χ0) is 27.6. The third-order valence-electron chi connectivity index (χ3n) is 5.73. The van der Waals surface area contributed by atoms with Crippen LogP contribution < -0.4 is 15.3 Å². The Morgan fingerprint density at radius 1 is 1.13 bits per heavy atom. The number of hydrogen-bond donors (Lipinski definition) is 4. The van der Waals surface area contributed by atoms with E-state index in [0.717, 1.165) is 0 Å². The third-order valence-corrected chi connectivity index (χ3v) is 7.49. The highest BCUT2D eigenvalue weighted by molar-refractivity contribution is 7.52. The molecule has 7 atom stereocenters. The van der Waals surface area contributed by atoms with Gasteiger partial charge in [0, 0.05) is 0 Å². The summed E-state index contributed by atoms with van der Waals surface area (Å²) in [5.74, 6) is -0.299. The molecule has 0 radical (unpaired) electrons. The predicted octanol–water partition coefficient (Wildman–Crippen LogP) is 1.55. The molecule has 0 bridgehead atoms. The molecule has 1 saturated heterocycles. The van der Waals surface area contributed by atoms with Crippen molar-refractivity contribution in [2.75, 3.05) is 5.73 Å². The van der Waals surface area contributed by atoms with E-state index in [4.69, 9.17) is 24.3 Å². The van der Waals surface area contributed by atoms with Crippen LogP contribution >= 0.6 is 7.75 Å². The molecule has 1 aromatic carbocycles. The molecule has 0 saturated carbocycles. The second-order valence-corrected chi connectivity index (χ2v) is 10.8. The number of nitrogens with one attached hydrogen (secondary N) is 1. The van der Waals surface area contributed by atoms with Crippen molar-refractivity contribution in [3.8, 4) is 5.75 Å². The van der Waals surface area contributed by atoms with Crippen LogP contribution in [-0.4, -0.2) is 72.3 Å². The van der Waals surface area contributed by atoms with Gasteiger partial charge in [0.1, 0.15) is 41.9 Å². The monoisotopic (exact) mass is 550 g/mol. The molecular weight excluding hydrogens is 519 g/mol. The van der Waals surface area contributed by atoms with Crippen LogP contribution in [0, 0.1) is 0 Å². The Bertz CT molecular complexity index is 1310. The van der Waals surface area contributed by atoms with Gasteiger partial charge in [-0.1, -0.05) is 18.2 Å². The first-order valence-corrected chi connectivity index (χ1v) is 13.5. The first-order chi connectivity index (χ1) is 18.0. The fourth-order valence-corrected chi connectivity index (χ4v) is 5.65. The molecule has 4 rings (SSSR count). The molecule has 1 aliphatic rings. The average Bonchev–Trinajstić information content (AvgIpc) is 3.41. The summed E-state index contributed by atoms with van der Waals surface area (Å²) in [7, 11) is -4.25. The van der Waals surface area contributed by atoms with Crippen LogP contribution in [0.4, 0.5) is 5.82 Å². The minimum atomic E-state index is -4.25. The summed E-state index contributed by atoms with van der Waals surface area (Å²) in [5, 5.41) is 24.2. The van der Waals surface area contributed by atoms with Gasteiger partial charge in [-0.05, 0) is 39.8 Å². The van der Waals surface area contributed by atoms with E-state index in [9.17, 15) is 19.6 Å². The summed E-state index contributed by atoms with van der Waals surface area (Å²) in [6.45, 7) is 6.33. The molecule has 5 N–H and O–H groups in total. The number of aliphatic hydroxyl groups is 2. The average molecular weight is 551 g/mol. The molecule has 0 aliphatic carbocycles. The van der Waals surface area contributed by atoms with Crippen molar-refractivity contribution < 1.29 is 38.1 Å². The first-order valence-electron chi connectivity index (χ1n) is 11.9. The van der Waals surface area contributed by atoms with Crippen molar-refractivity contribution in [2.45, 2.75) is 70.5 Å². The fourth-order valence-electron chi connectivity index (χ4n) is 3.96. The summed E-state index contributed by atoms with van der Waals surface area (Å²) in [6.07, 6.45) is -4.00. The van der Waals surface area contributed by atoms with Crippen molar-refractivity contribution in [3.63, 3.8) is 0 Å². The highest BCUT2D eigenvalue weighted by atomic mass is 31.2.